The van der Waals surface area contributed by atoms with E-state index in [1.54, 1.807) is 12.1 Å². The van der Waals surface area contributed by atoms with Crippen LogP contribution in [0.4, 0.5) is 10.5 Å². The maximum atomic E-state index is 12.0. The van der Waals surface area contributed by atoms with Gasteiger partial charge in [0.2, 0.25) is 5.91 Å². The molecule has 2 aromatic carbocycles. The van der Waals surface area contributed by atoms with Gasteiger partial charge in [-0.25, -0.2) is 4.79 Å². The van der Waals surface area contributed by atoms with Gasteiger partial charge in [0, 0.05) is 18.8 Å². The fraction of sp³-hybridized carbons (Fsp3) is 0.263. The Morgan fingerprint density at radius 1 is 1.00 bits per heavy atom. The molecule has 0 saturated heterocycles. The Balaban J connectivity index is 1.74. The van der Waals surface area contributed by atoms with Crippen molar-refractivity contribution < 1.29 is 14.3 Å². The first-order chi connectivity index (χ1) is 12.1. The number of anilines is 1. The van der Waals surface area contributed by atoms with Gasteiger partial charge in [-0.3, -0.25) is 15.0 Å². The first-order valence-corrected chi connectivity index (χ1v) is 8.00. The monoisotopic (exact) mass is 341 g/mol. The number of hydrogen-bond acceptors (Lipinski definition) is 4. The van der Waals surface area contributed by atoms with Gasteiger partial charge in [0.25, 0.3) is 0 Å². The predicted molar refractivity (Wildman–Crippen MR) is 97.1 cm³/mol. The predicted octanol–water partition coefficient (Wildman–Crippen LogP) is 2.61. The molecule has 0 spiro atoms. The molecule has 132 valence electrons. The average molecular weight is 341 g/mol. The number of carbonyl (C=O) groups excluding carboxylic acids is 2. The molecule has 2 aromatic rings. The molecule has 2 rings (SSSR count). The molecule has 0 bridgehead atoms. The van der Waals surface area contributed by atoms with Gasteiger partial charge in [0.15, 0.2) is 0 Å². The first-order valence-electron chi connectivity index (χ1n) is 8.00. The van der Waals surface area contributed by atoms with E-state index in [9.17, 15) is 9.59 Å². The first kappa shape index (κ1) is 18.5. The van der Waals surface area contributed by atoms with Crippen molar-refractivity contribution >= 4 is 17.7 Å². The molecule has 0 saturated carbocycles. The lowest BCUT2D eigenvalue weighted by Crippen LogP contribution is -2.34. The molecule has 0 radical (unpaired) electrons. The van der Waals surface area contributed by atoms with Gasteiger partial charge < -0.3 is 10.1 Å². The van der Waals surface area contributed by atoms with Crippen molar-refractivity contribution in [2.24, 2.45) is 0 Å². The van der Waals surface area contributed by atoms with Crippen molar-refractivity contribution in [3.05, 3.63) is 65.7 Å². The minimum atomic E-state index is -0.512. The Morgan fingerprint density at radius 3 is 2.32 bits per heavy atom. The van der Waals surface area contributed by atoms with Gasteiger partial charge in [-0.15, -0.1) is 0 Å². The molecule has 0 atom stereocenters. The third-order valence-corrected chi connectivity index (χ3v) is 3.58. The number of nitrogens with one attached hydrogen (secondary N) is 2. The zero-order valence-corrected chi connectivity index (χ0v) is 14.5. The SMILES string of the molecule is COC(=O)Nc1ccc(CNC(=O)CN(C)Cc2ccccc2)cc1. The van der Waals surface area contributed by atoms with Crippen LogP contribution < -0.4 is 10.6 Å². The standard InChI is InChI=1S/C19H23N3O3/c1-22(13-16-6-4-3-5-7-16)14-18(23)20-12-15-8-10-17(11-9-15)21-19(24)25-2/h3-11H,12-14H2,1-2H3,(H,20,23)(H,21,24). The highest BCUT2D eigenvalue weighted by Crippen LogP contribution is 2.09. The van der Waals surface area contributed by atoms with Crippen molar-refractivity contribution in [1.29, 1.82) is 0 Å². The lowest BCUT2D eigenvalue weighted by atomic mass is 10.2. The summed E-state index contributed by atoms with van der Waals surface area (Å²) >= 11 is 0. The average Bonchev–Trinajstić information content (AvgIpc) is 2.61. The van der Waals surface area contributed by atoms with Crippen LogP contribution in [-0.4, -0.2) is 37.6 Å². The number of benzene rings is 2. The molecular weight excluding hydrogens is 318 g/mol. The molecule has 2 N–H and O–H groups in total. The van der Waals surface area contributed by atoms with Gasteiger partial charge >= 0.3 is 6.09 Å². The second kappa shape index (κ2) is 9.44. The van der Waals surface area contributed by atoms with Crippen LogP contribution in [0.3, 0.4) is 0 Å². The third-order valence-electron chi connectivity index (χ3n) is 3.58. The van der Waals surface area contributed by atoms with Crippen molar-refractivity contribution in [2.75, 3.05) is 26.0 Å². The van der Waals surface area contributed by atoms with E-state index < -0.39 is 6.09 Å². The molecule has 0 aliphatic carbocycles. The number of amides is 2. The number of likely N-dealkylation sites (N-methyl/N-ethyl adjacent to an activating group) is 1. The van der Waals surface area contributed by atoms with Crippen LogP contribution in [-0.2, 0) is 22.6 Å². The fourth-order valence-electron chi connectivity index (χ4n) is 2.33. The summed E-state index contributed by atoms with van der Waals surface area (Å²) in [4.78, 5) is 25.1. The number of rotatable bonds is 7. The van der Waals surface area contributed by atoms with Crippen LogP contribution in [0, 0.1) is 0 Å². The zero-order chi connectivity index (χ0) is 18.1. The summed E-state index contributed by atoms with van der Waals surface area (Å²) in [6, 6.07) is 17.3. The van der Waals surface area contributed by atoms with Gasteiger partial charge in [0.1, 0.15) is 0 Å². The zero-order valence-electron chi connectivity index (χ0n) is 14.5. The summed E-state index contributed by atoms with van der Waals surface area (Å²) in [5, 5.41) is 5.47. The summed E-state index contributed by atoms with van der Waals surface area (Å²) in [6.07, 6.45) is -0.512. The number of methoxy groups -OCH3 is 1. The van der Waals surface area contributed by atoms with E-state index in [-0.39, 0.29) is 5.91 Å². The van der Waals surface area contributed by atoms with Gasteiger partial charge in [-0.1, -0.05) is 42.5 Å². The highest BCUT2D eigenvalue weighted by Gasteiger charge is 2.07. The van der Waals surface area contributed by atoms with Crippen LogP contribution in [0.25, 0.3) is 0 Å². The number of ether oxygens (including phenoxy) is 1. The van der Waals surface area contributed by atoms with Crippen molar-refractivity contribution in [1.82, 2.24) is 10.2 Å². The van der Waals surface area contributed by atoms with Crippen LogP contribution in [0.2, 0.25) is 0 Å². The molecule has 25 heavy (non-hydrogen) atoms. The van der Waals surface area contributed by atoms with Crippen LogP contribution in [0.5, 0.6) is 0 Å². The number of hydrogen-bond donors (Lipinski definition) is 2. The largest absolute Gasteiger partial charge is 0.453 e. The molecule has 0 unspecified atom stereocenters. The van der Waals surface area contributed by atoms with E-state index in [0.717, 1.165) is 12.1 Å². The highest BCUT2D eigenvalue weighted by molar-refractivity contribution is 5.84. The Hall–Kier alpha value is -2.86. The maximum absolute atomic E-state index is 12.0. The smallest absolute Gasteiger partial charge is 0.411 e. The van der Waals surface area contributed by atoms with Gasteiger partial charge in [-0.05, 0) is 30.3 Å². The highest BCUT2D eigenvalue weighted by atomic mass is 16.5. The summed E-state index contributed by atoms with van der Waals surface area (Å²) in [5.41, 5.74) is 2.77. The van der Waals surface area contributed by atoms with Crippen LogP contribution in [0.15, 0.2) is 54.6 Å². The summed E-state index contributed by atoms with van der Waals surface area (Å²) in [6.45, 7) is 1.50. The van der Waals surface area contributed by atoms with E-state index in [1.165, 1.54) is 12.7 Å². The minimum Gasteiger partial charge on any atom is -0.453 e. The Labute approximate surface area is 147 Å². The summed E-state index contributed by atoms with van der Waals surface area (Å²) in [7, 11) is 3.23. The van der Waals surface area contributed by atoms with E-state index in [1.807, 2.05) is 54.4 Å². The second-order valence-electron chi connectivity index (χ2n) is 5.75. The van der Waals surface area contributed by atoms with Crippen molar-refractivity contribution in [2.45, 2.75) is 13.1 Å². The Morgan fingerprint density at radius 2 is 1.68 bits per heavy atom. The lowest BCUT2D eigenvalue weighted by Gasteiger charge is -2.16. The molecule has 6 heteroatoms. The molecule has 0 heterocycles. The summed E-state index contributed by atoms with van der Waals surface area (Å²) in [5.74, 6) is -0.0322. The molecular formula is C19H23N3O3. The molecule has 2 amide bonds. The topological polar surface area (TPSA) is 70.7 Å². The Bertz CT molecular complexity index is 687. The van der Waals surface area contributed by atoms with Crippen LogP contribution >= 0.6 is 0 Å². The molecule has 0 aromatic heterocycles. The van der Waals surface area contributed by atoms with Gasteiger partial charge in [-0.2, -0.15) is 0 Å². The number of carbonyl (C=O) groups is 2. The van der Waals surface area contributed by atoms with E-state index in [2.05, 4.69) is 15.4 Å². The molecule has 0 aliphatic heterocycles. The minimum absolute atomic E-state index is 0.0322. The van der Waals surface area contributed by atoms with Crippen molar-refractivity contribution in [3.63, 3.8) is 0 Å². The molecule has 0 fully saturated rings. The second-order valence-corrected chi connectivity index (χ2v) is 5.75. The van der Waals surface area contributed by atoms with E-state index in [0.29, 0.717) is 18.8 Å². The lowest BCUT2D eigenvalue weighted by molar-refractivity contribution is -0.122. The molecule has 6 nitrogen and oxygen atoms in total. The fourth-order valence-corrected chi connectivity index (χ4v) is 2.33. The van der Waals surface area contributed by atoms with E-state index >= 15 is 0 Å². The van der Waals surface area contributed by atoms with Gasteiger partial charge in [0.05, 0.1) is 13.7 Å². The maximum Gasteiger partial charge on any atom is 0.411 e. The number of nitrogens with zero attached hydrogens (tertiary/aromatic N) is 1. The van der Waals surface area contributed by atoms with Crippen LogP contribution in [0.1, 0.15) is 11.1 Å². The van der Waals surface area contributed by atoms with E-state index in [4.69, 9.17) is 0 Å². The van der Waals surface area contributed by atoms with Crippen molar-refractivity contribution in [3.8, 4) is 0 Å². The normalized spacial score (nSPS) is 10.4. The Kier molecular flexibility index (Phi) is 6.98. The molecule has 0 aliphatic rings. The summed E-state index contributed by atoms with van der Waals surface area (Å²) < 4.78 is 4.53. The quantitative estimate of drug-likeness (QED) is 0.812. The third kappa shape index (κ3) is 6.64.